The van der Waals surface area contributed by atoms with Crippen LogP contribution in [0.4, 0.5) is 0 Å². The Hall–Kier alpha value is -1.71. The first-order valence-corrected chi connectivity index (χ1v) is 9.66. The highest BCUT2D eigenvalue weighted by Crippen LogP contribution is 2.30. The minimum atomic E-state index is -0.236. The molecule has 26 heavy (non-hydrogen) atoms. The molecule has 2 unspecified atom stereocenters. The number of allylic oxidation sites excluding steroid dienone is 3. The van der Waals surface area contributed by atoms with E-state index in [0.29, 0.717) is 28.8 Å². The third-order valence-electron chi connectivity index (χ3n) is 4.46. The highest BCUT2D eigenvalue weighted by molar-refractivity contribution is 6.35. The van der Waals surface area contributed by atoms with Crippen molar-refractivity contribution < 1.29 is 4.79 Å². The summed E-state index contributed by atoms with van der Waals surface area (Å²) in [5, 5.41) is 8.04. The Labute approximate surface area is 166 Å². The Kier molecular flexibility index (Phi) is 7.80. The molecule has 0 radical (unpaired) electrons. The molecule has 2 rings (SSSR count). The van der Waals surface area contributed by atoms with Gasteiger partial charge in [0.1, 0.15) is 5.78 Å². The molecule has 0 aliphatic carbocycles. The Bertz CT molecular complexity index is 725. The number of Topliss-reactive ketones (excluding diaryl/α,β-unsaturated/α-hetero) is 1. The summed E-state index contributed by atoms with van der Waals surface area (Å²) in [5.74, 6) is 0.550. The predicted octanol–water partition coefficient (Wildman–Crippen LogP) is 5.58. The summed E-state index contributed by atoms with van der Waals surface area (Å²) in [6.07, 6.45) is 7.60. The molecule has 2 atom stereocenters. The zero-order valence-electron chi connectivity index (χ0n) is 15.3. The molecule has 140 valence electrons. The Balaban J connectivity index is 2.47. The fourth-order valence-corrected chi connectivity index (χ4v) is 3.67. The van der Waals surface area contributed by atoms with E-state index < -0.39 is 0 Å². The molecule has 0 saturated carbocycles. The molecule has 3 nitrogen and oxygen atoms in total. The first-order chi connectivity index (χ1) is 12.4. The molecule has 0 aromatic heterocycles. The second kappa shape index (κ2) is 9.84. The summed E-state index contributed by atoms with van der Waals surface area (Å²) in [6, 6.07) is 5.16. The zero-order valence-corrected chi connectivity index (χ0v) is 16.8. The molecule has 0 bridgehead atoms. The average molecular weight is 393 g/mol. The van der Waals surface area contributed by atoms with Gasteiger partial charge in [-0.25, -0.2) is 0 Å². The molecule has 1 aromatic rings. The van der Waals surface area contributed by atoms with Gasteiger partial charge in [0.15, 0.2) is 0 Å². The monoisotopic (exact) mass is 392 g/mol. The van der Waals surface area contributed by atoms with Crippen LogP contribution in [0.5, 0.6) is 0 Å². The summed E-state index contributed by atoms with van der Waals surface area (Å²) in [7, 11) is 0. The number of benzene rings is 1. The number of rotatable bonds is 3. The average Bonchev–Trinajstić information content (AvgIpc) is 2.59. The summed E-state index contributed by atoms with van der Waals surface area (Å²) >= 11 is 12.5. The maximum absolute atomic E-state index is 12.6. The third kappa shape index (κ3) is 5.65. The first-order valence-electron chi connectivity index (χ1n) is 8.91. The minimum Gasteiger partial charge on any atom is -0.383 e. The van der Waals surface area contributed by atoms with Gasteiger partial charge in [0.05, 0.1) is 17.4 Å². The summed E-state index contributed by atoms with van der Waals surface area (Å²) in [6.45, 7) is 8.79. The second-order valence-electron chi connectivity index (χ2n) is 6.66. The van der Waals surface area contributed by atoms with E-state index in [1.165, 1.54) is 0 Å². The van der Waals surface area contributed by atoms with Gasteiger partial charge >= 0.3 is 0 Å². The maximum atomic E-state index is 12.6. The predicted molar refractivity (Wildman–Crippen MR) is 110 cm³/mol. The molecule has 0 fully saturated rings. The van der Waals surface area contributed by atoms with Crippen LogP contribution >= 0.6 is 23.2 Å². The number of hydrogen-bond acceptors (Lipinski definition) is 3. The van der Waals surface area contributed by atoms with Crippen molar-refractivity contribution in [2.75, 3.05) is 6.54 Å². The summed E-state index contributed by atoms with van der Waals surface area (Å²) in [4.78, 5) is 12.6. The van der Waals surface area contributed by atoms with Crippen molar-refractivity contribution in [2.24, 2.45) is 5.92 Å². The maximum Gasteiger partial charge on any atom is 0.135 e. The van der Waals surface area contributed by atoms with Crippen LogP contribution < -0.4 is 10.6 Å². The smallest absolute Gasteiger partial charge is 0.135 e. The lowest BCUT2D eigenvalue weighted by atomic mass is 9.94. The van der Waals surface area contributed by atoms with E-state index >= 15 is 0 Å². The zero-order chi connectivity index (χ0) is 19.1. The van der Waals surface area contributed by atoms with Gasteiger partial charge in [-0.15, -0.1) is 0 Å². The second-order valence-corrected chi connectivity index (χ2v) is 7.51. The lowest BCUT2D eigenvalue weighted by Crippen LogP contribution is -2.26. The van der Waals surface area contributed by atoms with Gasteiger partial charge in [0.25, 0.3) is 0 Å². The van der Waals surface area contributed by atoms with Gasteiger partial charge in [-0.1, -0.05) is 48.8 Å². The number of carbonyl (C=O) groups excluding carboxylic acids is 1. The van der Waals surface area contributed by atoms with Gasteiger partial charge in [-0.3, -0.25) is 4.79 Å². The Morgan fingerprint density at radius 1 is 1.23 bits per heavy atom. The van der Waals surface area contributed by atoms with E-state index in [0.717, 1.165) is 29.9 Å². The fraction of sp³-hybridized carbons (Fsp3) is 0.381. The van der Waals surface area contributed by atoms with Crippen molar-refractivity contribution in [2.45, 2.75) is 39.2 Å². The molecule has 1 aliphatic rings. The minimum absolute atomic E-state index is 0.225. The van der Waals surface area contributed by atoms with Crippen LogP contribution in [0.1, 0.15) is 44.7 Å². The molecule has 0 amide bonds. The van der Waals surface area contributed by atoms with Crippen LogP contribution in [-0.2, 0) is 4.79 Å². The van der Waals surface area contributed by atoms with Crippen LogP contribution in [0.3, 0.4) is 0 Å². The molecular weight excluding hydrogens is 367 g/mol. The number of nitrogens with one attached hydrogen (secondary N) is 2. The first kappa shape index (κ1) is 20.6. The normalized spacial score (nSPS) is 25.3. The van der Waals surface area contributed by atoms with Crippen molar-refractivity contribution in [3.05, 3.63) is 70.0 Å². The Morgan fingerprint density at radius 3 is 2.65 bits per heavy atom. The summed E-state index contributed by atoms with van der Waals surface area (Å²) in [5.41, 5.74) is 2.67. The van der Waals surface area contributed by atoms with Crippen LogP contribution in [0.2, 0.25) is 10.0 Å². The van der Waals surface area contributed by atoms with E-state index in [1.807, 2.05) is 25.1 Å². The van der Waals surface area contributed by atoms with Crippen molar-refractivity contribution in [3.63, 3.8) is 0 Å². The molecular formula is C21H26Cl2N2O. The van der Waals surface area contributed by atoms with Gasteiger partial charge in [-0.05, 0) is 49.1 Å². The Morgan fingerprint density at radius 2 is 2.00 bits per heavy atom. The van der Waals surface area contributed by atoms with Gasteiger partial charge in [-0.2, -0.15) is 0 Å². The van der Waals surface area contributed by atoms with E-state index in [1.54, 1.807) is 18.2 Å². The molecule has 0 saturated heterocycles. The van der Waals surface area contributed by atoms with Gasteiger partial charge in [0.2, 0.25) is 0 Å². The molecule has 0 spiro atoms. The highest BCUT2D eigenvalue weighted by atomic mass is 35.5. The largest absolute Gasteiger partial charge is 0.383 e. The molecule has 2 N–H and O–H groups in total. The van der Waals surface area contributed by atoms with E-state index in [4.69, 9.17) is 23.2 Å². The SMILES string of the molecule is C=C/C1=C(\C=C/C)NC(c2ccc(Cl)cc2Cl)CC(=O)CC(C)CCN1. The molecule has 1 aromatic carbocycles. The van der Waals surface area contributed by atoms with Crippen molar-refractivity contribution >= 4 is 29.0 Å². The molecule has 1 aliphatic heterocycles. The van der Waals surface area contributed by atoms with Gasteiger partial charge in [0, 0.05) is 29.4 Å². The van der Waals surface area contributed by atoms with Crippen molar-refractivity contribution in [3.8, 4) is 0 Å². The quantitative estimate of drug-likeness (QED) is 0.705. The summed E-state index contributed by atoms with van der Waals surface area (Å²) < 4.78 is 0. The van der Waals surface area contributed by atoms with Gasteiger partial charge < -0.3 is 10.6 Å². The fourth-order valence-electron chi connectivity index (χ4n) is 3.13. The van der Waals surface area contributed by atoms with Crippen molar-refractivity contribution in [1.82, 2.24) is 10.6 Å². The van der Waals surface area contributed by atoms with E-state index in [2.05, 4.69) is 24.1 Å². The highest BCUT2D eigenvalue weighted by Gasteiger charge is 2.22. The van der Waals surface area contributed by atoms with E-state index in [-0.39, 0.29) is 11.8 Å². The number of hydrogen-bond donors (Lipinski definition) is 2. The molecule has 5 heteroatoms. The number of ketones is 1. The standard InChI is InChI=1S/C21H26Cl2N2O/c1-4-6-20-19(5-2)24-10-9-14(3)11-16(26)13-21(25-20)17-8-7-15(22)12-18(17)23/h4-8,12,14,21,24-25H,2,9-11,13H2,1,3H3/b6-4-,20-19-. The lowest BCUT2D eigenvalue weighted by Gasteiger charge is -2.23. The van der Waals surface area contributed by atoms with Crippen LogP contribution in [0.15, 0.2) is 54.4 Å². The van der Waals surface area contributed by atoms with E-state index in [9.17, 15) is 4.79 Å². The third-order valence-corrected chi connectivity index (χ3v) is 5.02. The number of halogens is 2. The van der Waals surface area contributed by atoms with Crippen LogP contribution in [0.25, 0.3) is 0 Å². The topological polar surface area (TPSA) is 41.1 Å². The molecule has 1 heterocycles. The van der Waals surface area contributed by atoms with Crippen LogP contribution in [-0.4, -0.2) is 12.3 Å². The number of carbonyl (C=O) groups is 1. The lowest BCUT2D eigenvalue weighted by molar-refractivity contribution is -0.120. The van der Waals surface area contributed by atoms with Crippen LogP contribution in [0, 0.1) is 5.92 Å². The van der Waals surface area contributed by atoms with Crippen molar-refractivity contribution in [1.29, 1.82) is 0 Å².